The van der Waals surface area contributed by atoms with Crippen molar-refractivity contribution in [3.05, 3.63) is 60.2 Å². The van der Waals surface area contributed by atoms with E-state index >= 15 is 0 Å². The Hall–Kier alpha value is -3.02. The molecular weight excluding hydrogens is 296 g/mol. The lowest BCUT2D eigenvalue weighted by Crippen LogP contribution is -2.32. The van der Waals surface area contributed by atoms with Gasteiger partial charge in [-0.05, 0) is 23.8 Å². The zero-order valence-electron chi connectivity index (χ0n) is 13.0. The maximum Gasteiger partial charge on any atom is 0.414 e. The molecule has 120 valence electrons. The molecule has 2 aromatic rings. The van der Waals surface area contributed by atoms with E-state index in [1.807, 2.05) is 18.2 Å². The Bertz CT molecular complexity index is 688. The van der Waals surface area contributed by atoms with Crippen molar-refractivity contribution in [1.82, 2.24) is 0 Å². The van der Waals surface area contributed by atoms with Crippen LogP contribution in [0, 0.1) is 0 Å². The highest BCUT2D eigenvalue weighted by Crippen LogP contribution is 2.24. The van der Waals surface area contributed by atoms with Crippen LogP contribution in [0.3, 0.4) is 0 Å². The number of methoxy groups -OCH3 is 1. The Balaban J connectivity index is 2.38. The normalized spacial score (nSPS) is 10.0. The molecule has 6 nitrogen and oxygen atoms in total. The maximum atomic E-state index is 12.1. The first kappa shape index (κ1) is 16.4. The number of para-hydroxylation sites is 2. The summed E-state index contributed by atoms with van der Waals surface area (Å²) in [5, 5.41) is 9.19. The average molecular weight is 314 g/mol. The number of ether oxygens (including phenoxy) is 1. The van der Waals surface area contributed by atoms with Gasteiger partial charge in [0.2, 0.25) is 0 Å². The van der Waals surface area contributed by atoms with E-state index in [2.05, 4.69) is 0 Å². The van der Waals surface area contributed by atoms with Gasteiger partial charge in [-0.1, -0.05) is 36.4 Å². The number of carbonyl (C=O) groups is 2. The van der Waals surface area contributed by atoms with Crippen LogP contribution in [0.25, 0.3) is 0 Å². The number of amides is 2. The molecule has 6 heteroatoms. The summed E-state index contributed by atoms with van der Waals surface area (Å²) in [5.41, 5.74) is 1.89. The van der Waals surface area contributed by atoms with Gasteiger partial charge in [-0.3, -0.25) is 9.80 Å². The molecule has 0 radical (unpaired) electrons. The molecule has 0 fully saturated rings. The maximum absolute atomic E-state index is 12.1. The van der Waals surface area contributed by atoms with E-state index < -0.39 is 12.2 Å². The second-order valence-corrected chi connectivity index (χ2v) is 4.86. The van der Waals surface area contributed by atoms with E-state index in [9.17, 15) is 14.7 Å². The molecule has 0 aromatic heterocycles. The van der Waals surface area contributed by atoms with Crippen molar-refractivity contribution < 1.29 is 19.4 Å². The number of nitrogens with zero attached hydrogens (tertiary/aromatic N) is 2. The highest BCUT2D eigenvalue weighted by Gasteiger charge is 2.20. The van der Waals surface area contributed by atoms with Crippen LogP contribution in [-0.4, -0.2) is 31.5 Å². The number of rotatable bonds is 4. The van der Waals surface area contributed by atoms with Crippen LogP contribution in [0.5, 0.6) is 0 Å². The predicted molar refractivity (Wildman–Crippen MR) is 87.9 cm³/mol. The quantitative estimate of drug-likeness (QED) is 0.936. The third-order valence-corrected chi connectivity index (χ3v) is 3.43. The SMILES string of the molecule is COC(=O)N(Cc1ccccc1N(C)C(=O)O)c1ccccc1. The van der Waals surface area contributed by atoms with Gasteiger partial charge in [-0.15, -0.1) is 0 Å². The fourth-order valence-electron chi connectivity index (χ4n) is 2.22. The average Bonchev–Trinajstić information content (AvgIpc) is 2.59. The highest BCUT2D eigenvalue weighted by molar-refractivity contribution is 5.89. The van der Waals surface area contributed by atoms with E-state index in [0.717, 1.165) is 4.90 Å². The number of benzene rings is 2. The molecule has 23 heavy (non-hydrogen) atoms. The number of hydrogen-bond donors (Lipinski definition) is 1. The molecule has 1 N–H and O–H groups in total. The molecule has 2 rings (SSSR count). The minimum absolute atomic E-state index is 0.199. The third kappa shape index (κ3) is 3.79. The Morgan fingerprint density at radius 2 is 1.65 bits per heavy atom. The molecule has 0 saturated heterocycles. The van der Waals surface area contributed by atoms with Crippen molar-refractivity contribution in [2.75, 3.05) is 24.0 Å². The molecule has 0 aliphatic carbocycles. The lowest BCUT2D eigenvalue weighted by atomic mass is 10.1. The van der Waals surface area contributed by atoms with Crippen molar-refractivity contribution in [3.8, 4) is 0 Å². The number of carboxylic acid groups (broad SMARTS) is 1. The van der Waals surface area contributed by atoms with Crippen molar-refractivity contribution in [2.24, 2.45) is 0 Å². The Labute approximate surface area is 134 Å². The molecule has 0 heterocycles. The topological polar surface area (TPSA) is 70.1 Å². The van der Waals surface area contributed by atoms with Gasteiger partial charge in [0, 0.05) is 12.7 Å². The number of carbonyl (C=O) groups excluding carboxylic acids is 1. The van der Waals surface area contributed by atoms with Gasteiger partial charge in [-0.25, -0.2) is 9.59 Å². The molecule has 0 aliphatic heterocycles. The Kier molecular flexibility index (Phi) is 5.19. The van der Waals surface area contributed by atoms with Crippen LogP contribution in [0.2, 0.25) is 0 Å². The number of anilines is 2. The first-order valence-corrected chi connectivity index (χ1v) is 6.99. The standard InChI is InChI=1S/C17H18N2O4/c1-18(16(20)21)15-11-7-6-8-13(15)12-19(17(22)23-2)14-9-4-3-5-10-14/h3-11H,12H2,1-2H3,(H,20,21). The van der Waals surface area contributed by atoms with Crippen molar-refractivity contribution in [2.45, 2.75) is 6.54 Å². The molecule has 0 unspecified atom stereocenters. The second kappa shape index (κ2) is 7.31. The van der Waals surface area contributed by atoms with Crippen LogP contribution in [0.4, 0.5) is 21.0 Å². The smallest absolute Gasteiger partial charge is 0.414 e. The monoisotopic (exact) mass is 314 g/mol. The lowest BCUT2D eigenvalue weighted by molar-refractivity contribution is 0.178. The third-order valence-electron chi connectivity index (χ3n) is 3.43. The molecule has 0 saturated carbocycles. The molecule has 0 spiro atoms. The van der Waals surface area contributed by atoms with E-state index in [0.29, 0.717) is 16.9 Å². The lowest BCUT2D eigenvalue weighted by Gasteiger charge is -2.24. The van der Waals surface area contributed by atoms with Crippen LogP contribution in [0.1, 0.15) is 5.56 Å². The summed E-state index contributed by atoms with van der Waals surface area (Å²) in [6, 6.07) is 16.1. The first-order valence-electron chi connectivity index (χ1n) is 6.99. The van der Waals surface area contributed by atoms with Gasteiger partial charge < -0.3 is 9.84 Å². The molecule has 2 aromatic carbocycles. The van der Waals surface area contributed by atoms with Gasteiger partial charge in [-0.2, -0.15) is 0 Å². The van der Waals surface area contributed by atoms with Crippen LogP contribution in [-0.2, 0) is 11.3 Å². The van der Waals surface area contributed by atoms with Crippen LogP contribution in [0.15, 0.2) is 54.6 Å². The minimum atomic E-state index is -1.07. The van der Waals surface area contributed by atoms with Gasteiger partial charge in [0.25, 0.3) is 0 Å². The molecule has 0 bridgehead atoms. The van der Waals surface area contributed by atoms with Crippen LogP contribution < -0.4 is 9.80 Å². The first-order chi connectivity index (χ1) is 11.0. The molecule has 2 amide bonds. The molecular formula is C17H18N2O4. The summed E-state index contributed by atoms with van der Waals surface area (Å²) < 4.78 is 4.84. The molecule has 0 atom stereocenters. The predicted octanol–water partition coefficient (Wildman–Crippen LogP) is 3.57. The van der Waals surface area contributed by atoms with Crippen molar-refractivity contribution >= 4 is 23.6 Å². The largest absolute Gasteiger partial charge is 0.465 e. The summed E-state index contributed by atoms with van der Waals surface area (Å²) in [5.74, 6) is 0. The minimum Gasteiger partial charge on any atom is -0.465 e. The number of hydrogen-bond acceptors (Lipinski definition) is 3. The van der Waals surface area contributed by atoms with Crippen molar-refractivity contribution in [1.29, 1.82) is 0 Å². The highest BCUT2D eigenvalue weighted by atomic mass is 16.5. The van der Waals surface area contributed by atoms with E-state index in [1.54, 1.807) is 36.4 Å². The van der Waals surface area contributed by atoms with Crippen LogP contribution >= 0.6 is 0 Å². The fraction of sp³-hybridized carbons (Fsp3) is 0.176. The van der Waals surface area contributed by atoms with Gasteiger partial charge in [0.1, 0.15) is 0 Å². The van der Waals surface area contributed by atoms with Gasteiger partial charge >= 0.3 is 12.2 Å². The zero-order chi connectivity index (χ0) is 16.8. The van der Waals surface area contributed by atoms with Gasteiger partial charge in [0.05, 0.1) is 19.3 Å². The van der Waals surface area contributed by atoms with Gasteiger partial charge in [0.15, 0.2) is 0 Å². The summed E-state index contributed by atoms with van der Waals surface area (Å²) in [7, 11) is 2.78. The molecule has 0 aliphatic rings. The summed E-state index contributed by atoms with van der Waals surface area (Å²) in [4.78, 5) is 25.9. The summed E-state index contributed by atoms with van der Waals surface area (Å²) in [6.07, 6.45) is -1.58. The summed E-state index contributed by atoms with van der Waals surface area (Å²) >= 11 is 0. The fourth-order valence-corrected chi connectivity index (χ4v) is 2.22. The van der Waals surface area contributed by atoms with E-state index in [4.69, 9.17) is 4.74 Å². The Morgan fingerprint density at radius 3 is 2.26 bits per heavy atom. The summed E-state index contributed by atoms with van der Waals surface area (Å²) in [6.45, 7) is 0.199. The Morgan fingerprint density at radius 1 is 1.04 bits per heavy atom. The van der Waals surface area contributed by atoms with E-state index in [-0.39, 0.29) is 6.54 Å². The van der Waals surface area contributed by atoms with E-state index in [1.165, 1.54) is 19.1 Å². The zero-order valence-corrected chi connectivity index (χ0v) is 13.0. The second-order valence-electron chi connectivity index (χ2n) is 4.86. The van der Waals surface area contributed by atoms with Crippen molar-refractivity contribution in [3.63, 3.8) is 0 Å².